The molecule has 1 aromatic rings. The Morgan fingerprint density at radius 2 is 1.97 bits per heavy atom. The van der Waals surface area contributed by atoms with Crippen LogP contribution in [0.1, 0.15) is 32.1 Å². The van der Waals surface area contributed by atoms with E-state index in [-0.39, 0.29) is 42.0 Å². The maximum atomic E-state index is 12.6. The molecular formula is C21H31IN4O3. The van der Waals surface area contributed by atoms with E-state index in [1.165, 1.54) is 12.8 Å². The smallest absolute Gasteiger partial charge is 0.225 e. The number of aliphatic imine (C=N–C) groups is 1. The molecule has 7 nitrogen and oxygen atoms in total. The minimum Gasteiger partial charge on any atom is -0.486 e. The van der Waals surface area contributed by atoms with Crippen molar-refractivity contribution < 1.29 is 14.3 Å². The number of likely N-dealkylation sites (tertiary alicyclic amines) is 1. The summed E-state index contributed by atoms with van der Waals surface area (Å²) >= 11 is 0. The predicted octanol–water partition coefficient (Wildman–Crippen LogP) is 2.40. The fourth-order valence-corrected chi connectivity index (χ4v) is 4.27. The lowest BCUT2D eigenvalue weighted by Gasteiger charge is -2.27. The van der Waals surface area contributed by atoms with Crippen molar-refractivity contribution in [3.63, 3.8) is 0 Å². The SMILES string of the molecule is CN=C(NCC1COc2ccccc2O1)NC1CCN(C(=O)C2CCCC2)C1.I. The van der Waals surface area contributed by atoms with Crippen LogP contribution in [0.2, 0.25) is 0 Å². The molecule has 4 rings (SSSR count). The number of carbonyl (C=O) groups excluding carboxylic acids is 1. The largest absolute Gasteiger partial charge is 0.486 e. The second-order valence-electron chi connectivity index (χ2n) is 7.85. The summed E-state index contributed by atoms with van der Waals surface area (Å²) in [4.78, 5) is 18.9. The van der Waals surface area contributed by atoms with Gasteiger partial charge in [0, 0.05) is 32.1 Å². The second kappa shape index (κ2) is 10.4. The van der Waals surface area contributed by atoms with E-state index in [9.17, 15) is 4.79 Å². The fourth-order valence-electron chi connectivity index (χ4n) is 4.27. The quantitative estimate of drug-likeness (QED) is 0.367. The van der Waals surface area contributed by atoms with E-state index in [0.29, 0.717) is 19.1 Å². The monoisotopic (exact) mass is 514 g/mol. The Morgan fingerprint density at radius 3 is 2.72 bits per heavy atom. The molecule has 2 heterocycles. The van der Waals surface area contributed by atoms with E-state index in [1.54, 1.807) is 7.05 Å². The Balaban J connectivity index is 0.00000240. The van der Waals surface area contributed by atoms with Gasteiger partial charge in [-0.3, -0.25) is 9.79 Å². The lowest BCUT2D eigenvalue weighted by Crippen LogP contribution is -2.49. The van der Waals surface area contributed by atoms with Crippen LogP contribution in [-0.4, -0.2) is 62.2 Å². The number of hydrogen-bond donors (Lipinski definition) is 2. The summed E-state index contributed by atoms with van der Waals surface area (Å²) in [7, 11) is 1.76. The van der Waals surface area contributed by atoms with Crippen LogP contribution >= 0.6 is 24.0 Å². The van der Waals surface area contributed by atoms with Crippen LogP contribution in [0, 0.1) is 5.92 Å². The van der Waals surface area contributed by atoms with Gasteiger partial charge in [0.25, 0.3) is 0 Å². The van der Waals surface area contributed by atoms with Gasteiger partial charge in [0.05, 0.1) is 6.54 Å². The molecule has 1 aliphatic carbocycles. The number of halogens is 1. The van der Waals surface area contributed by atoms with Crippen LogP contribution in [0.25, 0.3) is 0 Å². The Labute approximate surface area is 189 Å². The molecule has 0 aromatic heterocycles. The van der Waals surface area contributed by atoms with Gasteiger partial charge in [0.2, 0.25) is 5.91 Å². The zero-order valence-electron chi connectivity index (χ0n) is 16.9. The molecule has 160 valence electrons. The molecule has 29 heavy (non-hydrogen) atoms. The average Bonchev–Trinajstić information content (AvgIpc) is 3.42. The lowest BCUT2D eigenvalue weighted by atomic mass is 10.1. The summed E-state index contributed by atoms with van der Waals surface area (Å²) in [5.74, 6) is 2.90. The van der Waals surface area contributed by atoms with E-state index < -0.39 is 0 Å². The number of hydrogen-bond acceptors (Lipinski definition) is 4. The van der Waals surface area contributed by atoms with Crippen molar-refractivity contribution in [2.75, 3.05) is 33.3 Å². The van der Waals surface area contributed by atoms with Crippen LogP contribution in [0.4, 0.5) is 0 Å². The highest BCUT2D eigenvalue weighted by Crippen LogP contribution is 2.30. The molecular weight excluding hydrogens is 483 g/mol. The van der Waals surface area contributed by atoms with Crippen molar-refractivity contribution in [1.29, 1.82) is 0 Å². The van der Waals surface area contributed by atoms with Crippen molar-refractivity contribution in [2.45, 2.75) is 44.2 Å². The molecule has 3 aliphatic rings. The van der Waals surface area contributed by atoms with Gasteiger partial charge < -0.3 is 25.0 Å². The Morgan fingerprint density at radius 1 is 1.21 bits per heavy atom. The Kier molecular flexibility index (Phi) is 7.85. The van der Waals surface area contributed by atoms with Gasteiger partial charge in [-0.25, -0.2) is 0 Å². The van der Waals surface area contributed by atoms with Crippen molar-refractivity contribution in [1.82, 2.24) is 15.5 Å². The van der Waals surface area contributed by atoms with Gasteiger partial charge in [0.1, 0.15) is 12.7 Å². The molecule has 2 N–H and O–H groups in total. The molecule has 2 aliphatic heterocycles. The first kappa shape index (κ1) is 22.0. The number of guanidine groups is 1. The van der Waals surface area contributed by atoms with E-state index in [0.717, 1.165) is 49.8 Å². The molecule has 1 amide bonds. The highest BCUT2D eigenvalue weighted by atomic mass is 127. The van der Waals surface area contributed by atoms with Crippen molar-refractivity contribution in [3.8, 4) is 11.5 Å². The first-order chi connectivity index (χ1) is 13.7. The predicted molar refractivity (Wildman–Crippen MR) is 123 cm³/mol. The molecule has 0 spiro atoms. The van der Waals surface area contributed by atoms with Gasteiger partial charge in [-0.2, -0.15) is 0 Å². The maximum absolute atomic E-state index is 12.6. The third kappa shape index (κ3) is 5.46. The van der Waals surface area contributed by atoms with E-state index >= 15 is 0 Å². The van der Waals surface area contributed by atoms with Crippen LogP contribution in [0.5, 0.6) is 11.5 Å². The zero-order valence-corrected chi connectivity index (χ0v) is 19.3. The average molecular weight is 514 g/mol. The van der Waals surface area contributed by atoms with Gasteiger partial charge in [-0.15, -0.1) is 24.0 Å². The Hall–Kier alpha value is -1.71. The molecule has 0 radical (unpaired) electrons. The van der Waals surface area contributed by atoms with Crippen LogP contribution in [0.15, 0.2) is 29.3 Å². The molecule has 1 saturated carbocycles. The minimum atomic E-state index is -0.0718. The van der Waals surface area contributed by atoms with Crippen LogP contribution < -0.4 is 20.1 Å². The zero-order chi connectivity index (χ0) is 19.3. The Bertz CT molecular complexity index is 724. The standard InChI is InChI=1S/C21H30N4O3.HI/c1-22-21(23-12-17-14-27-18-8-4-5-9-19(18)28-17)24-16-10-11-25(13-16)20(26)15-6-2-3-7-15;/h4-5,8-9,15-17H,2-3,6-7,10-14H2,1H3,(H2,22,23,24);1H. The summed E-state index contributed by atoms with van der Waals surface area (Å²) in [5, 5.41) is 6.77. The van der Waals surface area contributed by atoms with Crippen molar-refractivity contribution in [2.24, 2.45) is 10.9 Å². The number of benzene rings is 1. The molecule has 1 saturated heterocycles. The number of fused-ring (bicyclic) bond motifs is 1. The number of rotatable bonds is 4. The molecule has 0 bridgehead atoms. The van der Waals surface area contributed by atoms with Crippen LogP contribution in [-0.2, 0) is 4.79 Å². The van der Waals surface area contributed by atoms with Crippen molar-refractivity contribution in [3.05, 3.63) is 24.3 Å². The topological polar surface area (TPSA) is 75.2 Å². The number of nitrogens with zero attached hydrogens (tertiary/aromatic N) is 2. The van der Waals surface area contributed by atoms with E-state index in [4.69, 9.17) is 9.47 Å². The summed E-state index contributed by atoms with van der Waals surface area (Å²) in [6, 6.07) is 7.95. The van der Waals surface area contributed by atoms with Gasteiger partial charge in [0.15, 0.2) is 17.5 Å². The molecule has 1 aromatic carbocycles. The highest BCUT2D eigenvalue weighted by Gasteiger charge is 2.32. The first-order valence-corrected chi connectivity index (χ1v) is 10.4. The summed E-state index contributed by atoms with van der Waals surface area (Å²) in [6.07, 6.45) is 5.39. The van der Waals surface area contributed by atoms with Gasteiger partial charge in [-0.1, -0.05) is 25.0 Å². The van der Waals surface area contributed by atoms with Gasteiger partial charge >= 0.3 is 0 Å². The normalized spacial score (nSPS) is 24.2. The van der Waals surface area contributed by atoms with E-state index in [2.05, 4.69) is 15.6 Å². The third-order valence-electron chi connectivity index (χ3n) is 5.83. The third-order valence-corrected chi connectivity index (χ3v) is 5.83. The minimum absolute atomic E-state index is 0. The maximum Gasteiger partial charge on any atom is 0.225 e. The number of amides is 1. The number of para-hydroxylation sites is 2. The van der Waals surface area contributed by atoms with Crippen LogP contribution in [0.3, 0.4) is 0 Å². The second-order valence-corrected chi connectivity index (χ2v) is 7.85. The summed E-state index contributed by atoms with van der Waals surface area (Å²) < 4.78 is 11.7. The molecule has 8 heteroatoms. The molecule has 2 unspecified atom stereocenters. The van der Waals surface area contributed by atoms with Gasteiger partial charge in [-0.05, 0) is 31.4 Å². The fraction of sp³-hybridized carbons (Fsp3) is 0.619. The first-order valence-electron chi connectivity index (χ1n) is 10.4. The molecule has 2 atom stereocenters. The number of carbonyl (C=O) groups is 1. The van der Waals surface area contributed by atoms with Crippen molar-refractivity contribution >= 4 is 35.8 Å². The summed E-state index contributed by atoms with van der Waals surface area (Å²) in [6.45, 7) is 2.70. The highest BCUT2D eigenvalue weighted by molar-refractivity contribution is 14.0. The summed E-state index contributed by atoms with van der Waals surface area (Å²) in [5.41, 5.74) is 0. The molecule has 2 fully saturated rings. The lowest BCUT2D eigenvalue weighted by molar-refractivity contribution is -0.134. The number of nitrogens with one attached hydrogen (secondary N) is 2. The van der Waals surface area contributed by atoms with E-state index in [1.807, 2.05) is 29.2 Å². The number of ether oxygens (including phenoxy) is 2.